The summed E-state index contributed by atoms with van der Waals surface area (Å²) in [5.74, 6) is 0.914. The molecule has 2 aliphatic rings. The van der Waals surface area contributed by atoms with Gasteiger partial charge >= 0.3 is 10.1 Å². The van der Waals surface area contributed by atoms with E-state index in [9.17, 15) is 8.42 Å². The largest absolute Gasteiger partial charge is 0.488 e. The summed E-state index contributed by atoms with van der Waals surface area (Å²) in [5.41, 5.74) is 3.93. The summed E-state index contributed by atoms with van der Waals surface area (Å²) in [4.78, 5) is 0.185. The van der Waals surface area contributed by atoms with Crippen LogP contribution in [0, 0.1) is 6.92 Å². The van der Waals surface area contributed by atoms with Crippen molar-refractivity contribution in [3.63, 3.8) is 0 Å². The molecular weight excluding hydrogens is 362 g/mol. The highest BCUT2D eigenvalue weighted by Gasteiger charge is 2.27. The molecule has 27 heavy (non-hydrogen) atoms. The van der Waals surface area contributed by atoms with Gasteiger partial charge in [0.15, 0.2) is 0 Å². The number of fused-ring (bicyclic) bond motifs is 1. The highest BCUT2D eigenvalue weighted by Crippen LogP contribution is 2.37. The zero-order valence-electron chi connectivity index (χ0n) is 16.0. The molecule has 0 atom stereocenters. The molecule has 0 N–H and O–H groups in total. The molecule has 1 saturated heterocycles. The maximum absolute atomic E-state index is 12.6. The Bertz CT molecular complexity index is 978. The van der Waals surface area contributed by atoms with E-state index in [1.807, 2.05) is 25.1 Å². The summed E-state index contributed by atoms with van der Waals surface area (Å²) in [7, 11) is -3.80. The summed E-state index contributed by atoms with van der Waals surface area (Å²) in [5, 5.41) is 1.48. The van der Waals surface area contributed by atoms with E-state index in [1.54, 1.807) is 12.1 Å². The van der Waals surface area contributed by atoms with E-state index in [-0.39, 0.29) is 10.5 Å². The molecule has 144 valence electrons. The lowest BCUT2D eigenvalue weighted by Crippen LogP contribution is -2.38. The second kappa shape index (κ2) is 6.62. The molecule has 2 aliphatic heterocycles. The van der Waals surface area contributed by atoms with Gasteiger partial charge in [-0.25, -0.2) is 0 Å². The number of hydrogen-bond acceptors (Lipinski definition) is 5. The molecular formula is C21H25NO4S. The number of hydrogen-bond donors (Lipinski definition) is 0. The molecule has 2 aromatic rings. The van der Waals surface area contributed by atoms with Crippen LogP contribution in [0.1, 0.15) is 37.8 Å². The number of benzene rings is 2. The van der Waals surface area contributed by atoms with Crippen LogP contribution in [0.3, 0.4) is 0 Å². The van der Waals surface area contributed by atoms with E-state index in [0.29, 0.717) is 13.1 Å². The third kappa shape index (κ3) is 3.74. The van der Waals surface area contributed by atoms with Crippen LogP contribution >= 0.6 is 0 Å². The van der Waals surface area contributed by atoms with Gasteiger partial charge in [-0.05, 0) is 86.6 Å². The second-order valence-corrected chi connectivity index (χ2v) is 9.50. The maximum Gasteiger partial charge on any atom is 0.313 e. The molecule has 0 saturated carbocycles. The third-order valence-corrected chi connectivity index (χ3v) is 6.51. The number of ether oxygens (including phenoxy) is 1. The quantitative estimate of drug-likeness (QED) is 0.791. The summed E-state index contributed by atoms with van der Waals surface area (Å²) in [6.07, 6.45) is 2.87. The Balaban J connectivity index is 1.68. The van der Waals surface area contributed by atoms with Crippen molar-refractivity contribution in [1.29, 1.82) is 0 Å². The van der Waals surface area contributed by atoms with Crippen molar-refractivity contribution >= 4 is 10.1 Å². The smallest absolute Gasteiger partial charge is 0.313 e. The minimum Gasteiger partial charge on any atom is -0.488 e. The SMILES string of the molecule is Cc1ccc(S(=O)(=O)ON2CCC2)cc1-c1ccc2c(c1)CCC(C)(C)O2. The van der Waals surface area contributed by atoms with Crippen molar-refractivity contribution in [1.82, 2.24) is 5.06 Å². The Morgan fingerprint density at radius 2 is 1.89 bits per heavy atom. The van der Waals surface area contributed by atoms with Crippen LogP contribution in [-0.2, 0) is 20.8 Å². The Morgan fingerprint density at radius 1 is 1.11 bits per heavy atom. The maximum atomic E-state index is 12.6. The monoisotopic (exact) mass is 387 g/mol. The van der Waals surface area contributed by atoms with Gasteiger partial charge in [-0.3, -0.25) is 0 Å². The fourth-order valence-corrected chi connectivity index (χ4v) is 4.45. The number of hydroxylamine groups is 2. The minimum absolute atomic E-state index is 0.146. The van der Waals surface area contributed by atoms with E-state index in [4.69, 9.17) is 9.02 Å². The first kappa shape index (κ1) is 18.5. The molecule has 0 unspecified atom stereocenters. The lowest BCUT2D eigenvalue weighted by Gasteiger charge is -2.32. The van der Waals surface area contributed by atoms with Crippen LogP contribution in [0.25, 0.3) is 11.1 Å². The molecule has 0 aliphatic carbocycles. The van der Waals surface area contributed by atoms with Gasteiger partial charge in [0.05, 0.1) is 4.90 Å². The molecule has 0 amide bonds. The molecule has 2 heterocycles. The first-order valence-electron chi connectivity index (χ1n) is 9.36. The zero-order chi connectivity index (χ0) is 19.2. The highest BCUT2D eigenvalue weighted by molar-refractivity contribution is 7.86. The average Bonchev–Trinajstić information content (AvgIpc) is 2.57. The average molecular weight is 388 g/mol. The van der Waals surface area contributed by atoms with Crippen LogP contribution in [0.2, 0.25) is 0 Å². The number of rotatable bonds is 4. The summed E-state index contributed by atoms with van der Waals surface area (Å²) < 4.78 is 36.4. The van der Waals surface area contributed by atoms with Crippen LogP contribution < -0.4 is 4.74 Å². The van der Waals surface area contributed by atoms with E-state index in [2.05, 4.69) is 19.9 Å². The van der Waals surface area contributed by atoms with E-state index in [1.165, 1.54) is 5.06 Å². The van der Waals surface area contributed by atoms with Crippen molar-refractivity contribution < 1.29 is 17.4 Å². The standard InChI is InChI=1S/C21H25NO4S/c1-15-5-7-18(27(23,24)26-22-11-4-12-22)14-19(15)16-6-8-20-17(13-16)9-10-21(2,3)25-20/h5-8,13-14H,4,9-12H2,1-3H3. The number of nitrogens with zero attached hydrogens (tertiary/aromatic N) is 1. The molecule has 5 nitrogen and oxygen atoms in total. The molecule has 1 fully saturated rings. The molecule has 0 radical (unpaired) electrons. The lowest BCUT2D eigenvalue weighted by atomic mass is 9.91. The molecule has 4 rings (SSSR count). The predicted molar refractivity (Wildman–Crippen MR) is 104 cm³/mol. The van der Waals surface area contributed by atoms with Gasteiger partial charge in [-0.15, -0.1) is 0 Å². The van der Waals surface area contributed by atoms with Crippen LogP contribution in [0.5, 0.6) is 5.75 Å². The van der Waals surface area contributed by atoms with Gasteiger partial charge in [-0.2, -0.15) is 17.8 Å². The van der Waals surface area contributed by atoms with E-state index < -0.39 is 10.1 Å². The van der Waals surface area contributed by atoms with Gasteiger partial charge in [0.2, 0.25) is 0 Å². The Labute approximate surface area is 161 Å². The summed E-state index contributed by atoms with van der Waals surface area (Å²) in [6.45, 7) is 7.49. The van der Waals surface area contributed by atoms with Gasteiger partial charge in [0.1, 0.15) is 11.4 Å². The second-order valence-electron chi connectivity index (χ2n) is 7.97. The van der Waals surface area contributed by atoms with Crippen LogP contribution in [0.15, 0.2) is 41.3 Å². The zero-order valence-corrected chi connectivity index (χ0v) is 16.8. The Morgan fingerprint density at radius 3 is 2.59 bits per heavy atom. The van der Waals surface area contributed by atoms with Crippen molar-refractivity contribution in [2.45, 2.75) is 50.5 Å². The summed E-state index contributed by atoms with van der Waals surface area (Å²) in [6, 6.07) is 11.2. The third-order valence-electron chi connectivity index (χ3n) is 5.27. The van der Waals surface area contributed by atoms with Crippen molar-refractivity contribution in [2.24, 2.45) is 0 Å². The molecule has 0 aromatic heterocycles. The molecule has 0 spiro atoms. The Kier molecular flexibility index (Phi) is 4.53. The Hall–Kier alpha value is -1.89. The predicted octanol–water partition coefficient (Wildman–Crippen LogP) is 4.09. The summed E-state index contributed by atoms with van der Waals surface area (Å²) >= 11 is 0. The normalized spacial score (nSPS) is 19.1. The molecule has 6 heteroatoms. The minimum atomic E-state index is -3.80. The van der Waals surface area contributed by atoms with Gasteiger partial charge in [0.25, 0.3) is 0 Å². The fraction of sp³-hybridized carbons (Fsp3) is 0.429. The van der Waals surface area contributed by atoms with Crippen LogP contribution in [0.4, 0.5) is 0 Å². The van der Waals surface area contributed by atoms with Gasteiger partial charge < -0.3 is 4.74 Å². The fourth-order valence-electron chi connectivity index (χ4n) is 3.44. The molecule has 0 bridgehead atoms. The first-order valence-corrected chi connectivity index (χ1v) is 10.8. The van der Waals surface area contributed by atoms with Crippen LogP contribution in [-0.4, -0.2) is 32.2 Å². The van der Waals surface area contributed by atoms with E-state index in [0.717, 1.165) is 47.3 Å². The van der Waals surface area contributed by atoms with Crippen molar-refractivity contribution in [2.75, 3.05) is 13.1 Å². The van der Waals surface area contributed by atoms with Gasteiger partial charge in [-0.1, -0.05) is 12.1 Å². The van der Waals surface area contributed by atoms with Crippen molar-refractivity contribution in [3.05, 3.63) is 47.5 Å². The number of aryl methyl sites for hydroxylation is 2. The van der Waals surface area contributed by atoms with Gasteiger partial charge in [0, 0.05) is 13.1 Å². The lowest BCUT2D eigenvalue weighted by molar-refractivity contribution is -0.101. The van der Waals surface area contributed by atoms with Crippen molar-refractivity contribution in [3.8, 4) is 16.9 Å². The van der Waals surface area contributed by atoms with E-state index >= 15 is 0 Å². The highest BCUT2D eigenvalue weighted by atomic mass is 32.2. The topological polar surface area (TPSA) is 55.8 Å². The molecule has 2 aromatic carbocycles. The first-order chi connectivity index (χ1) is 12.7.